The highest BCUT2D eigenvalue weighted by Crippen LogP contribution is 2.33. The molecule has 0 saturated heterocycles. The quantitative estimate of drug-likeness (QED) is 0.604. The number of benzene rings is 1. The minimum absolute atomic E-state index is 0.194. The van der Waals surface area contributed by atoms with Crippen LogP contribution in [-0.4, -0.2) is 28.1 Å². The molecule has 1 aromatic heterocycles. The van der Waals surface area contributed by atoms with Gasteiger partial charge in [0.2, 0.25) is 5.91 Å². The molecule has 0 aliphatic heterocycles. The van der Waals surface area contributed by atoms with Gasteiger partial charge in [-0.05, 0) is 18.4 Å². The van der Waals surface area contributed by atoms with Gasteiger partial charge in [0.15, 0.2) is 8.68 Å². The Morgan fingerprint density at radius 2 is 1.95 bits per heavy atom. The van der Waals surface area contributed by atoms with Crippen molar-refractivity contribution in [3.8, 4) is 0 Å². The first-order valence-electron chi connectivity index (χ1n) is 5.54. The van der Waals surface area contributed by atoms with E-state index in [0.29, 0.717) is 21.4 Å². The third kappa shape index (κ3) is 4.65. The zero-order valence-electron chi connectivity index (χ0n) is 10.7. The third-order valence-electron chi connectivity index (χ3n) is 2.22. The number of aromatic nitrogens is 2. The lowest BCUT2D eigenvalue weighted by atomic mass is 10.3. The van der Waals surface area contributed by atoms with E-state index in [-0.39, 0.29) is 11.7 Å². The maximum Gasteiger partial charge on any atom is 0.234 e. The molecule has 0 unspecified atom stereocenters. The second-order valence-electron chi connectivity index (χ2n) is 3.73. The molecule has 2 aromatic rings. The van der Waals surface area contributed by atoms with Crippen molar-refractivity contribution in [3.63, 3.8) is 0 Å². The molecule has 0 atom stereocenters. The summed E-state index contributed by atoms with van der Waals surface area (Å²) in [6.07, 6.45) is 1.92. The maximum absolute atomic E-state index is 11.9. The number of amides is 1. The minimum atomic E-state index is -0.227. The van der Waals surface area contributed by atoms with Gasteiger partial charge in [0.25, 0.3) is 0 Å². The standard InChI is InChI=1S/C11H10Cl2N4OS3/c1-19-10-16-17-11(21-10)20-4-8(18)15-9-6(12)2-5(14)3-7(9)13/h2-3H,4,14H2,1H3,(H,15,18). The van der Waals surface area contributed by atoms with Crippen LogP contribution in [0.2, 0.25) is 10.0 Å². The number of hydrogen-bond acceptors (Lipinski definition) is 7. The van der Waals surface area contributed by atoms with Gasteiger partial charge in [0.1, 0.15) is 0 Å². The Morgan fingerprint density at radius 1 is 1.33 bits per heavy atom. The average molecular weight is 381 g/mol. The first kappa shape index (κ1) is 16.7. The lowest BCUT2D eigenvalue weighted by Gasteiger charge is -2.09. The molecule has 0 radical (unpaired) electrons. The Kier molecular flexibility index (Phi) is 6.00. The normalized spacial score (nSPS) is 10.6. The average Bonchev–Trinajstić information content (AvgIpc) is 2.88. The Hall–Kier alpha value is -0.670. The molecule has 1 aromatic carbocycles. The van der Waals surface area contributed by atoms with Gasteiger partial charge in [0.05, 0.1) is 21.5 Å². The third-order valence-corrected chi connectivity index (χ3v) is 5.85. The van der Waals surface area contributed by atoms with Gasteiger partial charge in [-0.25, -0.2) is 0 Å². The summed E-state index contributed by atoms with van der Waals surface area (Å²) in [6.45, 7) is 0. The molecule has 21 heavy (non-hydrogen) atoms. The smallest absolute Gasteiger partial charge is 0.234 e. The van der Waals surface area contributed by atoms with E-state index in [4.69, 9.17) is 28.9 Å². The number of carbonyl (C=O) groups is 1. The second kappa shape index (κ2) is 7.55. The van der Waals surface area contributed by atoms with Crippen molar-refractivity contribution in [3.05, 3.63) is 22.2 Å². The fourth-order valence-corrected chi connectivity index (χ4v) is 4.19. The highest BCUT2D eigenvalue weighted by atomic mass is 35.5. The number of halogens is 2. The molecule has 1 heterocycles. The van der Waals surface area contributed by atoms with E-state index in [1.54, 1.807) is 0 Å². The predicted octanol–water partition coefficient (Wildman–Crippen LogP) is 3.88. The van der Waals surface area contributed by atoms with Crippen LogP contribution in [0.1, 0.15) is 0 Å². The van der Waals surface area contributed by atoms with Gasteiger partial charge < -0.3 is 11.1 Å². The largest absolute Gasteiger partial charge is 0.399 e. The van der Waals surface area contributed by atoms with E-state index < -0.39 is 0 Å². The summed E-state index contributed by atoms with van der Waals surface area (Å²) in [4.78, 5) is 11.9. The van der Waals surface area contributed by atoms with Gasteiger partial charge in [-0.3, -0.25) is 4.79 Å². The fourth-order valence-electron chi connectivity index (χ4n) is 1.35. The number of rotatable bonds is 5. The fraction of sp³-hybridized carbons (Fsp3) is 0.182. The van der Waals surface area contributed by atoms with Gasteiger partial charge in [0, 0.05) is 5.69 Å². The van der Waals surface area contributed by atoms with E-state index in [1.807, 2.05) is 6.26 Å². The van der Waals surface area contributed by atoms with Crippen LogP contribution in [-0.2, 0) is 4.79 Å². The van der Waals surface area contributed by atoms with E-state index in [1.165, 1.54) is 47.0 Å². The molecule has 10 heteroatoms. The Balaban J connectivity index is 1.96. The van der Waals surface area contributed by atoms with Gasteiger partial charge in [-0.1, -0.05) is 58.1 Å². The first-order valence-corrected chi connectivity index (χ1v) is 9.32. The van der Waals surface area contributed by atoms with Crippen molar-refractivity contribution in [1.29, 1.82) is 0 Å². The monoisotopic (exact) mass is 380 g/mol. The van der Waals surface area contributed by atoms with Crippen LogP contribution in [0.5, 0.6) is 0 Å². The van der Waals surface area contributed by atoms with E-state index >= 15 is 0 Å². The Bertz CT molecular complexity index is 642. The first-order chi connectivity index (χ1) is 9.99. The molecule has 0 aliphatic rings. The van der Waals surface area contributed by atoms with Crippen molar-refractivity contribution in [2.24, 2.45) is 0 Å². The van der Waals surface area contributed by atoms with Gasteiger partial charge in [-0.2, -0.15) is 0 Å². The summed E-state index contributed by atoms with van der Waals surface area (Å²) in [5.41, 5.74) is 6.41. The minimum Gasteiger partial charge on any atom is -0.399 e. The van der Waals surface area contributed by atoms with Crippen molar-refractivity contribution >= 4 is 75.3 Å². The molecular weight excluding hydrogens is 371 g/mol. The predicted molar refractivity (Wildman–Crippen MR) is 91.9 cm³/mol. The number of anilines is 2. The van der Waals surface area contributed by atoms with E-state index in [0.717, 1.165) is 8.68 Å². The van der Waals surface area contributed by atoms with Crippen LogP contribution in [0.3, 0.4) is 0 Å². The summed E-state index contributed by atoms with van der Waals surface area (Å²) in [6, 6.07) is 3.07. The molecule has 0 aliphatic carbocycles. The molecule has 112 valence electrons. The number of nitrogen functional groups attached to an aromatic ring is 1. The summed E-state index contributed by atoms with van der Waals surface area (Å²) < 4.78 is 1.60. The van der Waals surface area contributed by atoms with Gasteiger partial charge in [-0.15, -0.1) is 10.2 Å². The summed E-state index contributed by atoms with van der Waals surface area (Å²) >= 11 is 16.3. The highest BCUT2D eigenvalue weighted by molar-refractivity contribution is 8.03. The Morgan fingerprint density at radius 3 is 2.52 bits per heavy atom. The van der Waals surface area contributed by atoms with Crippen LogP contribution in [0.25, 0.3) is 0 Å². The Labute approximate surface area is 144 Å². The number of nitrogens with two attached hydrogens (primary N) is 1. The summed E-state index contributed by atoms with van der Waals surface area (Å²) in [5, 5.41) is 11.2. The number of carbonyl (C=O) groups excluding carboxylic acids is 1. The zero-order chi connectivity index (χ0) is 15.4. The van der Waals surface area contributed by atoms with Crippen LogP contribution < -0.4 is 11.1 Å². The molecule has 0 saturated carbocycles. The summed E-state index contributed by atoms with van der Waals surface area (Å²) in [7, 11) is 0. The second-order valence-corrected chi connectivity index (χ2v) is 7.80. The SMILES string of the molecule is CSc1nnc(SCC(=O)Nc2c(Cl)cc(N)cc2Cl)s1. The molecule has 3 N–H and O–H groups in total. The van der Waals surface area contributed by atoms with Crippen LogP contribution in [0, 0.1) is 0 Å². The highest BCUT2D eigenvalue weighted by Gasteiger charge is 2.12. The number of nitrogens with zero attached hydrogens (tertiary/aromatic N) is 2. The van der Waals surface area contributed by atoms with Crippen LogP contribution in [0.4, 0.5) is 11.4 Å². The molecule has 2 rings (SSSR count). The lowest BCUT2D eigenvalue weighted by Crippen LogP contribution is -2.14. The summed E-state index contributed by atoms with van der Waals surface area (Å²) in [5.74, 6) is -0.0328. The molecule has 5 nitrogen and oxygen atoms in total. The van der Waals surface area contributed by atoms with E-state index in [2.05, 4.69) is 15.5 Å². The number of nitrogens with one attached hydrogen (secondary N) is 1. The van der Waals surface area contributed by atoms with Crippen LogP contribution in [0.15, 0.2) is 20.8 Å². The van der Waals surface area contributed by atoms with Crippen molar-refractivity contribution in [2.75, 3.05) is 23.1 Å². The van der Waals surface area contributed by atoms with Crippen LogP contribution >= 0.6 is 58.1 Å². The number of thioether (sulfide) groups is 2. The molecule has 0 fully saturated rings. The van der Waals surface area contributed by atoms with Crippen molar-refractivity contribution < 1.29 is 4.79 Å². The van der Waals surface area contributed by atoms with E-state index in [9.17, 15) is 4.79 Å². The topological polar surface area (TPSA) is 80.9 Å². The number of hydrogen-bond donors (Lipinski definition) is 2. The molecule has 0 bridgehead atoms. The van der Waals surface area contributed by atoms with Crippen molar-refractivity contribution in [1.82, 2.24) is 10.2 Å². The van der Waals surface area contributed by atoms with Gasteiger partial charge >= 0.3 is 0 Å². The maximum atomic E-state index is 11.9. The zero-order valence-corrected chi connectivity index (χ0v) is 14.7. The lowest BCUT2D eigenvalue weighted by molar-refractivity contribution is -0.113. The molecular formula is C11H10Cl2N4OS3. The molecule has 1 amide bonds. The van der Waals surface area contributed by atoms with Crippen molar-refractivity contribution in [2.45, 2.75) is 8.68 Å². The molecule has 0 spiro atoms.